The number of benzene rings is 1. The van der Waals surface area contributed by atoms with E-state index in [1.165, 1.54) is 12.1 Å². The lowest BCUT2D eigenvalue weighted by Gasteiger charge is -2.49. The van der Waals surface area contributed by atoms with E-state index in [-0.39, 0.29) is 27.3 Å². The van der Waals surface area contributed by atoms with Crippen molar-refractivity contribution in [2.75, 3.05) is 0 Å². The number of rotatable bonds is 2. The van der Waals surface area contributed by atoms with Crippen LogP contribution in [0.25, 0.3) is 0 Å². The highest BCUT2D eigenvalue weighted by Crippen LogP contribution is 2.51. The minimum atomic E-state index is -1.08. The van der Waals surface area contributed by atoms with Gasteiger partial charge >= 0.3 is 0 Å². The van der Waals surface area contributed by atoms with Gasteiger partial charge in [-0.2, -0.15) is 0 Å². The molecule has 1 aromatic carbocycles. The van der Waals surface area contributed by atoms with E-state index in [0.29, 0.717) is 12.8 Å². The normalized spacial score (nSPS) is 23.0. The van der Waals surface area contributed by atoms with E-state index in [1.54, 1.807) is 0 Å². The van der Waals surface area contributed by atoms with Crippen molar-refractivity contribution in [1.29, 1.82) is 0 Å². The van der Waals surface area contributed by atoms with Crippen LogP contribution in [0.3, 0.4) is 0 Å². The largest absolute Gasteiger partial charge is 0.390 e. The summed E-state index contributed by atoms with van der Waals surface area (Å²) in [5, 5.41) is 11.0. The first-order valence-electron chi connectivity index (χ1n) is 7.28. The van der Waals surface area contributed by atoms with Crippen molar-refractivity contribution in [3.63, 3.8) is 0 Å². The number of hydrogen-bond donors (Lipinski definition) is 1. The molecule has 2 rings (SSSR count). The molecule has 1 N–H and O–H groups in total. The molecule has 0 aliphatic heterocycles. The van der Waals surface area contributed by atoms with Crippen LogP contribution in [0.4, 0.5) is 8.78 Å². The Labute approximate surface area is 133 Å². The number of hydrogen-bond acceptors (Lipinski definition) is 1. The molecule has 1 nitrogen and oxygen atoms in total. The first-order chi connectivity index (χ1) is 9.43. The maximum atomic E-state index is 14.2. The maximum Gasteiger partial charge on any atom is 0.143 e. The molecule has 0 radical (unpaired) electrons. The van der Waals surface area contributed by atoms with Crippen LogP contribution in [0.5, 0.6) is 0 Å². The SMILES string of the molecule is CC1(C)CC(C)(C)CC(O)(Cc2c(F)ccc(Br)c2F)C1. The van der Waals surface area contributed by atoms with Gasteiger partial charge in [-0.1, -0.05) is 27.7 Å². The third-order valence-electron chi connectivity index (χ3n) is 4.22. The van der Waals surface area contributed by atoms with Crippen LogP contribution < -0.4 is 0 Å². The fraction of sp³-hybridized carbons (Fsp3) is 0.647. The highest BCUT2D eigenvalue weighted by atomic mass is 79.9. The third kappa shape index (κ3) is 3.84. The van der Waals surface area contributed by atoms with Crippen molar-refractivity contribution in [1.82, 2.24) is 0 Å². The van der Waals surface area contributed by atoms with Gasteiger partial charge in [0.05, 0.1) is 10.1 Å². The molecule has 1 aromatic rings. The summed E-state index contributed by atoms with van der Waals surface area (Å²) in [6.07, 6.45) is 2.10. The van der Waals surface area contributed by atoms with Crippen molar-refractivity contribution in [3.8, 4) is 0 Å². The first kappa shape index (κ1) is 16.9. The zero-order chi connectivity index (χ0) is 16.1. The lowest BCUT2D eigenvalue weighted by molar-refractivity contribution is -0.0859. The zero-order valence-electron chi connectivity index (χ0n) is 13.1. The van der Waals surface area contributed by atoms with E-state index >= 15 is 0 Å². The summed E-state index contributed by atoms with van der Waals surface area (Å²) in [7, 11) is 0. The molecule has 0 amide bonds. The Morgan fingerprint density at radius 2 is 1.57 bits per heavy atom. The molecule has 0 spiro atoms. The smallest absolute Gasteiger partial charge is 0.143 e. The molecule has 1 aliphatic rings. The molecule has 1 aliphatic carbocycles. The van der Waals surface area contributed by atoms with E-state index in [2.05, 4.69) is 43.6 Å². The van der Waals surface area contributed by atoms with Gasteiger partial charge < -0.3 is 5.11 Å². The van der Waals surface area contributed by atoms with Crippen molar-refractivity contribution in [2.24, 2.45) is 10.8 Å². The Morgan fingerprint density at radius 1 is 1.05 bits per heavy atom. The van der Waals surface area contributed by atoms with Crippen molar-refractivity contribution < 1.29 is 13.9 Å². The van der Waals surface area contributed by atoms with Gasteiger partial charge in [0, 0.05) is 12.0 Å². The Hall–Kier alpha value is -0.480. The summed E-state index contributed by atoms with van der Waals surface area (Å²) in [6, 6.07) is 2.60. The highest BCUT2D eigenvalue weighted by molar-refractivity contribution is 9.10. The monoisotopic (exact) mass is 360 g/mol. The molecule has 0 bridgehead atoms. The zero-order valence-corrected chi connectivity index (χ0v) is 14.7. The van der Waals surface area contributed by atoms with Gasteiger partial charge in [-0.3, -0.25) is 0 Å². The van der Waals surface area contributed by atoms with Gasteiger partial charge in [0.25, 0.3) is 0 Å². The van der Waals surface area contributed by atoms with E-state index in [0.717, 1.165) is 6.42 Å². The summed E-state index contributed by atoms with van der Waals surface area (Å²) in [6.45, 7) is 8.41. The lowest BCUT2D eigenvalue weighted by atomic mass is 9.58. The average molecular weight is 361 g/mol. The summed E-state index contributed by atoms with van der Waals surface area (Å²) in [5.41, 5.74) is -1.20. The van der Waals surface area contributed by atoms with Crippen LogP contribution in [0.2, 0.25) is 0 Å². The van der Waals surface area contributed by atoms with Crippen molar-refractivity contribution >= 4 is 15.9 Å². The predicted octanol–water partition coefficient (Wildman–Crippen LogP) is 5.24. The number of aliphatic hydroxyl groups is 1. The molecule has 1 fully saturated rings. The summed E-state index contributed by atoms with van der Waals surface area (Å²) in [4.78, 5) is 0. The van der Waals surface area contributed by atoms with Gasteiger partial charge in [-0.05, 0) is 58.2 Å². The van der Waals surface area contributed by atoms with Crippen LogP contribution in [0.15, 0.2) is 16.6 Å². The van der Waals surface area contributed by atoms with Gasteiger partial charge in [0.2, 0.25) is 0 Å². The van der Waals surface area contributed by atoms with Crippen molar-refractivity contribution in [3.05, 3.63) is 33.8 Å². The molecule has 0 heterocycles. The molecule has 0 saturated heterocycles. The third-order valence-corrected chi connectivity index (χ3v) is 4.83. The standard InChI is InChI=1S/C17H23BrF2O/c1-15(2)8-16(3,4)10-17(21,9-15)7-11-13(19)6-5-12(18)14(11)20/h5-6,21H,7-10H2,1-4H3. The number of halogens is 3. The predicted molar refractivity (Wildman–Crippen MR) is 84.1 cm³/mol. The van der Waals surface area contributed by atoms with Gasteiger partial charge in [-0.15, -0.1) is 0 Å². The molecule has 1 saturated carbocycles. The summed E-state index contributed by atoms with van der Waals surface area (Å²) < 4.78 is 28.4. The van der Waals surface area contributed by atoms with Gasteiger partial charge in [0.1, 0.15) is 11.6 Å². The lowest BCUT2D eigenvalue weighted by Crippen LogP contribution is -2.47. The molecular weight excluding hydrogens is 338 g/mol. The summed E-state index contributed by atoms with van der Waals surface area (Å²) >= 11 is 3.08. The summed E-state index contributed by atoms with van der Waals surface area (Å²) in [5.74, 6) is -1.20. The Kier molecular flexibility index (Phi) is 4.27. The van der Waals surface area contributed by atoms with E-state index in [1.807, 2.05) is 0 Å². The topological polar surface area (TPSA) is 20.2 Å². The highest BCUT2D eigenvalue weighted by Gasteiger charge is 2.46. The Morgan fingerprint density at radius 3 is 2.10 bits per heavy atom. The fourth-order valence-corrected chi connectivity index (χ4v) is 4.82. The second-order valence-corrected chi connectivity index (χ2v) is 8.94. The molecular formula is C17H23BrF2O. The molecule has 21 heavy (non-hydrogen) atoms. The van der Waals surface area contributed by atoms with Crippen LogP contribution in [-0.2, 0) is 6.42 Å². The Balaban J connectivity index is 2.36. The molecule has 0 atom stereocenters. The minimum Gasteiger partial charge on any atom is -0.390 e. The maximum absolute atomic E-state index is 14.2. The molecule has 0 aromatic heterocycles. The van der Waals surface area contributed by atoms with Crippen LogP contribution in [-0.4, -0.2) is 10.7 Å². The second-order valence-electron chi connectivity index (χ2n) is 8.08. The minimum absolute atomic E-state index is 0.0109. The van der Waals surface area contributed by atoms with Gasteiger partial charge in [-0.25, -0.2) is 8.78 Å². The average Bonchev–Trinajstić information content (AvgIpc) is 2.25. The molecule has 0 unspecified atom stereocenters. The van der Waals surface area contributed by atoms with E-state index in [9.17, 15) is 13.9 Å². The first-order valence-corrected chi connectivity index (χ1v) is 8.07. The fourth-order valence-electron chi connectivity index (χ4n) is 4.45. The quantitative estimate of drug-likeness (QED) is 0.715. The van der Waals surface area contributed by atoms with Gasteiger partial charge in [0.15, 0.2) is 0 Å². The van der Waals surface area contributed by atoms with Crippen LogP contribution in [0.1, 0.15) is 52.5 Å². The van der Waals surface area contributed by atoms with Crippen LogP contribution >= 0.6 is 15.9 Å². The molecule has 118 valence electrons. The van der Waals surface area contributed by atoms with E-state index < -0.39 is 17.2 Å². The second kappa shape index (κ2) is 5.31. The van der Waals surface area contributed by atoms with Crippen LogP contribution in [0, 0.1) is 22.5 Å². The van der Waals surface area contributed by atoms with E-state index in [4.69, 9.17) is 0 Å². The molecule has 4 heteroatoms. The van der Waals surface area contributed by atoms with Crippen molar-refractivity contribution in [2.45, 2.75) is 59.0 Å². The Bertz CT molecular complexity index is 536.